The molecule has 0 N–H and O–H groups in total. The average molecular weight is 392 g/mol. The van der Waals surface area contributed by atoms with E-state index in [-0.39, 0.29) is 22.9 Å². The molecule has 0 radical (unpaired) electrons. The van der Waals surface area contributed by atoms with Gasteiger partial charge in [0.2, 0.25) is 0 Å². The third-order valence-electron chi connectivity index (χ3n) is 3.92. The number of hydrogen-bond donors (Lipinski definition) is 0. The van der Waals surface area contributed by atoms with Gasteiger partial charge >= 0.3 is 17.1 Å². The molecule has 0 atom stereocenters. The van der Waals surface area contributed by atoms with Crippen LogP contribution in [0.3, 0.4) is 0 Å². The number of allylic oxidation sites excluding steroid dienone is 1. The third-order valence-corrected chi connectivity index (χ3v) is 3.92. The van der Waals surface area contributed by atoms with Crippen molar-refractivity contribution in [2.45, 2.75) is 0 Å². The van der Waals surface area contributed by atoms with Gasteiger partial charge in [-0.3, -0.25) is 4.79 Å². The predicted octanol–water partition coefficient (Wildman–Crippen LogP) is 6.37. The smallest absolute Gasteiger partial charge is 0.289 e. The van der Waals surface area contributed by atoms with Crippen LogP contribution in [0.15, 0.2) is 115 Å². The van der Waals surface area contributed by atoms with Gasteiger partial charge in [-0.2, -0.15) is 30.3 Å². The van der Waals surface area contributed by atoms with Gasteiger partial charge in [0.05, 0.1) is 0 Å². The molecular weight excluding hydrogens is 372 g/mol. The van der Waals surface area contributed by atoms with E-state index in [2.05, 4.69) is 24.3 Å². The van der Waals surface area contributed by atoms with Crippen molar-refractivity contribution in [1.29, 1.82) is 0 Å². The summed E-state index contributed by atoms with van der Waals surface area (Å²) in [6.45, 7) is 0. The summed E-state index contributed by atoms with van der Waals surface area (Å²) >= 11 is 0. The van der Waals surface area contributed by atoms with Gasteiger partial charge in [-0.25, -0.2) is 12.1 Å². The second-order valence-corrected chi connectivity index (χ2v) is 5.82. The molecule has 4 aromatic carbocycles. The number of carbonyl (C=O) groups excluding carboxylic acids is 1. The average Bonchev–Trinajstić information content (AvgIpc) is 3.43. The maximum Gasteiger partial charge on any atom is 2.00 e. The molecule has 0 heterocycles. The van der Waals surface area contributed by atoms with Crippen LogP contribution in [0.5, 0.6) is 0 Å². The SMILES string of the molecule is O=C(C=Cc1cccc(-[c-]2cccc2)c1)c1ccccc1.[Fe+2].c1cc[cH-]c1. The first kappa shape index (κ1) is 20.4. The first-order valence-corrected chi connectivity index (χ1v) is 8.59. The van der Waals surface area contributed by atoms with Crippen molar-refractivity contribution in [1.82, 2.24) is 0 Å². The Labute approximate surface area is 171 Å². The van der Waals surface area contributed by atoms with Crippen LogP contribution in [0.2, 0.25) is 0 Å². The van der Waals surface area contributed by atoms with Gasteiger partial charge in [0.15, 0.2) is 5.78 Å². The second-order valence-electron chi connectivity index (χ2n) is 5.82. The van der Waals surface area contributed by atoms with E-state index >= 15 is 0 Å². The fourth-order valence-electron chi connectivity index (χ4n) is 2.58. The topological polar surface area (TPSA) is 17.1 Å². The van der Waals surface area contributed by atoms with Crippen molar-refractivity contribution in [3.05, 3.63) is 126 Å². The van der Waals surface area contributed by atoms with E-state index in [1.165, 1.54) is 5.56 Å². The Bertz CT molecular complexity index is 916. The van der Waals surface area contributed by atoms with Gasteiger partial charge in [0.1, 0.15) is 0 Å². The van der Waals surface area contributed by atoms with Crippen molar-refractivity contribution in [2.24, 2.45) is 0 Å². The molecule has 0 fully saturated rings. The number of rotatable bonds is 4. The van der Waals surface area contributed by atoms with E-state index in [9.17, 15) is 4.79 Å². The summed E-state index contributed by atoms with van der Waals surface area (Å²) in [4.78, 5) is 12.0. The van der Waals surface area contributed by atoms with E-state index in [0.717, 1.165) is 11.1 Å². The Morgan fingerprint density at radius 1 is 0.815 bits per heavy atom. The Morgan fingerprint density at radius 2 is 1.52 bits per heavy atom. The van der Waals surface area contributed by atoms with Crippen LogP contribution in [0, 0.1) is 0 Å². The van der Waals surface area contributed by atoms with E-state index in [0.29, 0.717) is 5.56 Å². The summed E-state index contributed by atoms with van der Waals surface area (Å²) in [6, 6.07) is 35.7. The van der Waals surface area contributed by atoms with Gasteiger partial charge in [-0.1, -0.05) is 59.7 Å². The molecule has 0 aliphatic carbocycles. The van der Waals surface area contributed by atoms with Gasteiger partial charge in [-0.05, 0) is 6.08 Å². The second kappa shape index (κ2) is 10.9. The normalized spacial score (nSPS) is 9.93. The quantitative estimate of drug-likeness (QED) is 0.171. The first-order chi connectivity index (χ1) is 12.8. The van der Waals surface area contributed by atoms with E-state index in [4.69, 9.17) is 0 Å². The minimum atomic E-state index is 0. The molecule has 0 amide bonds. The minimum absolute atomic E-state index is 0. The number of benzene rings is 2. The summed E-state index contributed by atoms with van der Waals surface area (Å²) in [7, 11) is 0. The van der Waals surface area contributed by atoms with Crippen LogP contribution in [0.25, 0.3) is 17.2 Å². The van der Waals surface area contributed by atoms with Gasteiger partial charge < -0.3 is 0 Å². The third kappa shape index (κ3) is 6.38. The predicted molar refractivity (Wildman–Crippen MR) is 109 cm³/mol. The molecule has 0 saturated heterocycles. The number of carbonyl (C=O) groups is 1. The zero-order valence-electron chi connectivity index (χ0n) is 14.8. The number of hydrogen-bond acceptors (Lipinski definition) is 1. The van der Waals surface area contributed by atoms with Crippen LogP contribution in [-0.2, 0) is 17.1 Å². The molecule has 0 unspecified atom stereocenters. The van der Waals surface area contributed by atoms with Crippen molar-refractivity contribution < 1.29 is 21.9 Å². The molecule has 0 aliphatic rings. The zero-order valence-corrected chi connectivity index (χ0v) is 15.9. The van der Waals surface area contributed by atoms with Crippen molar-refractivity contribution >= 4 is 11.9 Å². The molecule has 27 heavy (non-hydrogen) atoms. The molecule has 0 bridgehead atoms. The molecule has 4 rings (SSSR count). The maximum absolute atomic E-state index is 12.0. The Morgan fingerprint density at radius 3 is 2.15 bits per heavy atom. The molecule has 134 valence electrons. The molecule has 1 nitrogen and oxygen atoms in total. The minimum Gasteiger partial charge on any atom is -0.289 e. The van der Waals surface area contributed by atoms with E-state index in [1.807, 2.05) is 91.0 Å². The molecule has 2 heteroatoms. The maximum atomic E-state index is 12.0. The van der Waals surface area contributed by atoms with Crippen LogP contribution >= 0.6 is 0 Å². The van der Waals surface area contributed by atoms with Crippen molar-refractivity contribution in [3.8, 4) is 11.1 Å². The summed E-state index contributed by atoms with van der Waals surface area (Å²) in [5, 5.41) is 0. The molecular formula is C25H20FeO. The summed E-state index contributed by atoms with van der Waals surface area (Å²) < 4.78 is 0. The fourth-order valence-corrected chi connectivity index (χ4v) is 2.58. The summed E-state index contributed by atoms with van der Waals surface area (Å²) in [5.74, 6) is 0.0225. The zero-order chi connectivity index (χ0) is 18.0. The van der Waals surface area contributed by atoms with Crippen LogP contribution < -0.4 is 0 Å². The van der Waals surface area contributed by atoms with E-state index < -0.39 is 0 Å². The number of ketones is 1. The Balaban J connectivity index is 0.000000379. The van der Waals surface area contributed by atoms with E-state index in [1.54, 1.807) is 6.08 Å². The summed E-state index contributed by atoms with van der Waals surface area (Å²) in [5.41, 5.74) is 4.09. The molecule has 0 saturated carbocycles. The molecule has 0 spiro atoms. The fraction of sp³-hybridized carbons (Fsp3) is 0. The van der Waals surface area contributed by atoms with Gasteiger partial charge in [0.25, 0.3) is 0 Å². The monoisotopic (exact) mass is 392 g/mol. The molecule has 0 aromatic heterocycles. The van der Waals surface area contributed by atoms with Gasteiger partial charge in [0, 0.05) is 5.56 Å². The molecule has 0 aliphatic heterocycles. The summed E-state index contributed by atoms with van der Waals surface area (Å²) in [6.07, 6.45) is 3.49. The van der Waals surface area contributed by atoms with Crippen LogP contribution in [0.4, 0.5) is 0 Å². The molecule has 4 aromatic rings. The standard InChI is InChI=1S/C20H15O.C5H5.Fe/c21-20(18-10-2-1-3-11-18)14-13-16-7-6-12-19(15-16)17-8-4-5-9-17;1-2-4-5-3-1;/h1-15H;1-5H;/q2*-1;+2. The van der Waals surface area contributed by atoms with Crippen LogP contribution in [0.1, 0.15) is 15.9 Å². The Hall–Kier alpha value is -2.93. The van der Waals surface area contributed by atoms with Crippen molar-refractivity contribution in [3.63, 3.8) is 0 Å². The van der Waals surface area contributed by atoms with Crippen LogP contribution in [-0.4, -0.2) is 5.78 Å². The first-order valence-electron chi connectivity index (χ1n) is 8.59. The Kier molecular flexibility index (Phi) is 8.25. The van der Waals surface area contributed by atoms with Crippen molar-refractivity contribution in [2.75, 3.05) is 0 Å². The largest absolute Gasteiger partial charge is 2.00 e. The van der Waals surface area contributed by atoms with Gasteiger partial charge in [-0.15, -0.1) is 29.8 Å².